The van der Waals surface area contributed by atoms with Gasteiger partial charge in [0.2, 0.25) is 0 Å². The van der Waals surface area contributed by atoms with Crippen LogP contribution in [-0.4, -0.2) is 14.5 Å². The van der Waals surface area contributed by atoms with Gasteiger partial charge in [0, 0.05) is 18.0 Å². The predicted molar refractivity (Wildman–Crippen MR) is 83.8 cm³/mol. The van der Waals surface area contributed by atoms with E-state index in [4.69, 9.17) is 0 Å². The molecule has 1 aromatic carbocycles. The lowest BCUT2D eigenvalue weighted by Gasteiger charge is -2.11. The van der Waals surface area contributed by atoms with Crippen LogP contribution in [0, 0.1) is 11.6 Å². The topological polar surface area (TPSA) is 66.6 Å². The summed E-state index contributed by atoms with van der Waals surface area (Å²) in [5, 5.41) is 12.1. The van der Waals surface area contributed by atoms with Gasteiger partial charge in [-0.1, -0.05) is 13.5 Å². The summed E-state index contributed by atoms with van der Waals surface area (Å²) >= 11 is 0. The fraction of sp³-hybridized carbons (Fsp3) is 0.125. The summed E-state index contributed by atoms with van der Waals surface area (Å²) in [4.78, 5) is 16.5. The van der Waals surface area contributed by atoms with Crippen molar-refractivity contribution >= 4 is 17.2 Å². The third-order valence-corrected chi connectivity index (χ3v) is 3.11. The Morgan fingerprint density at radius 2 is 1.87 bits per heavy atom. The van der Waals surface area contributed by atoms with Crippen molar-refractivity contribution in [2.45, 2.75) is 14.0 Å². The summed E-state index contributed by atoms with van der Waals surface area (Å²) < 4.78 is 27.7. The maximum Gasteiger partial charge on any atom is 0.265 e. The molecule has 0 amide bonds. The molecule has 0 unspecified atom stereocenters. The predicted octanol–water partition coefficient (Wildman–Crippen LogP) is 2.84. The smallest absolute Gasteiger partial charge is 0.265 e. The molecule has 3 aromatic rings. The van der Waals surface area contributed by atoms with Crippen molar-refractivity contribution in [2.24, 2.45) is 0 Å². The van der Waals surface area contributed by atoms with E-state index < -0.39 is 23.8 Å². The van der Waals surface area contributed by atoms with Gasteiger partial charge in [-0.05, 0) is 24.3 Å². The number of fused-ring (bicyclic) bond motifs is 1. The number of nitrogens with zero attached hydrogens (tertiary/aromatic N) is 2. The molecule has 5 nitrogen and oxygen atoms in total. The van der Waals surface area contributed by atoms with E-state index in [9.17, 15) is 18.7 Å². The Labute approximate surface area is 130 Å². The zero-order valence-electron chi connectivity index (χ0n) is 11.3. The van der Waals surface area contributed by atoms with E-state index in [1.165, 1.54) is 10.6 Å². The number of halogens is 2. The van der Waals surface area contributed by atoms with Crippen LogP contribution >= 0.6 is 0 Å². The second-order valence-electron chi connectivity index (χ2n) is 4.61. The molecule has 0 spiro atoms. The van der Waals surface area contributed by atoms with E-state index in [2.05, 4.69) is 10.3 Å². The first-order chi connectivity index (χ1) is 10.6. The maximum absolute atomic E-state index is 13.2. The van der Waals surface area contributed by atoms with Crippen LogP contribution in [0.15, 0.2) is 47.4 Å². The Hall–Kier alpha value is -2.80. The minimum absolute atomic E-state index is 0. The van der Waals surface area contributed by atoms with Gasteiger partial charge in [0.05, 0.1) is 12.2 Å². The zero-order chi connectivity index (χ0) is 15.7. The molecule has 0 fully saturated rings. The van der Waals surface area contributed by atoms with Crippen LogP contribution in [0.4, 0.5) is 20.3 Å². The summed E-state index contributed by atoms with van der Waals surface area (Å²) in [5.41, 5.74) is 0.00398. The Morgan fingerprint density at radius 1 is 1.17 bits per heavy atom. The molecule has 0 atom stereocenters. The highest BCUT2D eigenvalue weighted by Crippen LogP contribution is 2.20. The number of nitrogens with one attached hydrogen (secondary N) is 1. The number of hydrogen-bond acceptors (Lipinski definition) is 4. The SMILES string of the molecule is C.O=c1c(CO)c(Nc2cc(F)cc(F)c2)nc2ccccn12. The minimum Gasteiger partial charge on any atom is -0.391 e. The van der Waals surface area contributed by atoms with E-state index in [0.29, 0.717) is 5.65 Å². The van der Waals surface area contributed by atoms with Gasteiger partial charge in [-0.3, -0.25) is 9.20 Å². The van der Waals surface area contributed by atoms with Crippen LogP contribution < -0.4 is 10.9 Å². The van der Waals surface area contributed by atoms with Crippen molar-refractivity contribution in [3.8, 4) is 0 Å². The highest BCUT2D eigenvalue weighted by Gasteiger charge is 2.12. The van der Waals surface area contributed by atoms with Gasteiger partial charge in [0.15, 0.2) is 0 Å². The first kappa shape index (κ1) is 16.6. The number of aliphatic hydroxyl groups excluding tert-OH is 1. The fourth-order valence-corrected chi connectivity index (χ4v) is 2.13. The highest BCUT2D eigenvalue weighted by molar-refractivity contribution is 5.61. The average molecular weight is 319 g/mol. The monoisotopic (exact) mass is 319 g/mol. The molecule has 7 heteroatoms. The molecule has 2 heterocycles. The molecule has 3 rings (SSSR count). The van der Waals surface area contributed by atoms with Crippen molar-refractivity contribution < 1.29 is 13.9 Å². The van der Waals surface area contributed by atoms with E-state index in [0.717, 1.165) is 18.2 Å². The van der Waals surface area contributed by atoms with Crippen molar-refractivity contribution in [1.29, 1.82) is 0 Å². The van der Waals surface area contributed by atoms with Gasteiger partial charge in [-0.2, -0.15) is 0 Å². The molecule has 120 valence electrons. The van der Waals surface area contributed by atoms with Gasteiger partial charge in [-0.25, -0.2) is 13.8 Å². The molecule has 0 radical (unpaired) electrons. The Bertz CT molecular complexity index is 889. The van der Waals surface area contributed by atoms with Gasteiger partial charge in [0.25, 0.3) is 5.56 Å². The molecule has 0 bridgehead atoms. The van der Waals surface area contributed by atoms with Crippen molar-refractivity contribution in [1.82, 2.24) is 9.38 Å². The first-order valence-corrected chi connectivity index (χ1v) is 6.43. The third-order valence-electron chi connectivity index (χ3n) is 3.11. The second-order valence-corrected chi connectivity index (χ2v) is 4.61. The first-order valence-electron chi connectivity index (χ1n) is 6.43. The molecule has 2 N–H and O–H groups in total. The van der Waals surface area contributed by atoms with Crippen LogP contribution in [-0.2, 0) is 6.61 Å². The van der Waals surface area contributed by atoms with Crippen molar-refractivity contribution in [2.75, 3.05) is 5.32 Å². The quantitative estimate of drug-likeness (QED) is 0.779. The molecule has 0 aliphatic rings. The van der Waals surface area contributed by atoms with Crippen LogP contribution in [0.25, 0.3) is 5.65 Å². The normalized spacial score (nSPS) is 10.4. The molecular formula is C16H15F2N3O2. The third kappa shape index (κ3) is 3.19. The summed E-state index contributed by atoms with van der Waals surface area (Å²) in [6, 6.07) is 7.84. The Balaban J connectivity index is 0.00000192. The zero-order valence-corrected chi connectivity index (χ0v) is 11.3. The molecule has 0 aliphatic heterocycles. The van der Waals surface area contributed by atoms with Crippen molar-refractivity contribution in [3.05, 3.63) is 70.1 Å². The second kappa shape index (κ2) is 6.53. The number of aliphatic hydroxyl groups is 1. The number of anilines is 2. The van der Waals surface area contributed by atoms with Crippen LogP contribution in [0.3, 0.4) is 0 Å². The summed E-state index contributed by atoms with van der Waals surface area (Å²) in [7, 11) is 0. The standard InChI is InChI=1S/C15H11F2N3O2.CH4/c16-9-5-10(17)7-11(6-9)18-14-12(8-21)15(22)20-4-2-1-3-13(20)19-14;/h1-7,18,21H,8H2;1H4. The lowest BCUT2D eigenvalue weighted by molar-refractivity contribution is 0.280. The lowest BCUT2D eigenvalue weighted by atomic mass is 10.2. The number of hydrogen-bond donors (Lipinski definition) is 2. The summed E-state index contributed by atoms with van der Waals surface area (Å²) in [5.74, 6) is -1.46. The van der Waals surface area contributed by atoms with Gasteiger partial charge in [0.1, 0.15) is 23.1 Å². The van der Waals surface area contributed by atoms with E-state index >= 15 is 0 Å². The van der Waals surface area contributed by atoms with Crippen molar-refractivity contribution in [3.63, 3.8) is 0 Å². The van der Waals surface area contributed by atoms with E-state index in [-0.39, 0.29) is 24.5 Å². The van der Waals surface area contributed by atoms with E-state index in [1.54, 1.807) is 18.2 Å². The van der Waals surface area contributed by atoms with Gasteiger partial charge >= 0.3 is 0 Å². The minimum atomic E-state index is -0.759. The Kier molecular flexibility index (Phi) is 4.71. The fourth-order valence-electron chi connectivity index (χ4n) is 2.13. The number of benzene rings is 1. The summed E-state index contributed by atoms with van der Waals surface area (Å²) in [6.07, 6.45) is 1.52. The lowest BCUT2D eigenvalue weighted by Crippen LogP contribution is -2.21. The van der Waals surface area contributed by atoms with Gasteiger partial charge in [-0.15, -0.1) is 0 Å². The molecular weight excluding hydrogens is 304 g/mol. The number of rotatable bonds is 3. The largest absolute Gasteiger partial charge is 0.391 e. The molecule has 2 aromatic heterocycles. The van der Waals surface area contributed by atoms with Crippen LogP contribution in [0.1, 0.15) is 13.0 Å². The average Bonchev–Trinajstić information content (AvgIpc) is 2.46. The van der Waals surface area contributed by atoms with Gasteiger partial charge < -0.3 is 10.4 Å². The summed E-state index contributed by atoms with van der Waals surface area (Å²) in [6.45, 7) is -0.552. The number of pyridine rings is 1. The maximum atomic E-state index is 13.2. The molecule has 0 aliphatic carbocycles. The molecule has 0 saturated carbocycles. The Morgan fingerprint density at radius 3 is 2.52 bits per heavy atom. The van der Waals surface area contributed by atoms with Crippen LogP contribution in [0.5, 0.6) is 0 Å². The number of aromatic nitrogens is 2. The molecule has 0 saturated heterocycles. The highest BCUT2D eigenvalue weighted by atomic mass is 19.1. The molecule has 23 heavy (non-hydrogen) atoms. The van der Waals surface area contributed by atoms with Crippen LogP contribution in [0.2, 0.25) is 0 Å². The van der Waals surface area contributed by atoms with E-state index in [1.807, 2.05) is 0 Å².